The van der Waals surface area contributed by atoms with Gasteiger partial charge in [-0.05, 0) is 23.8 Å². The molecule has 0 spiro atoms. The lowest BCUT2D eigenvalue weighted by Crippen LogP contribution is -2.48. The van der Waals surface area contributed by atoms with Crippen molar-refractivity contribution in [3.63, 3.8) is 0 Å². The number of hydrogen-bond acceptors (Lipinski definition) is 3. The monoisotopic (exact) mass is 376 g/mol. The summed E-state index contributed by atoms with van der Waals surface area (Å²) in [6, 6.07) is 25.5. The van der Waals surface area contributed by atoms with Gasteiger partial charge in [0.1, 0.15) is 5.71 Å². The highest BCUT2D eigenvalue weighted by Crippen LogP contribution is 2.33. The molecule has 0 fully saturated rings. The summed E-state index contributed by atoms with van der Waals surface area (Å²) >= 11 is 6.28. The Morgan fingerprint density at radius 2 is 1.48 bits per heavy atom. The van der Waals surface area contributed by atoms with Crippen molar-refractivity contribution in [2.24, 2.45) is 5.10 Å². The number of nitrogens with zero attached hydrogens (tertiary/aromatic N) is 2. The normalized spacial score (nSPS) is 19.3. The van der Waals surface area contributed by atoms with Gasteiger partial charge >= 0.3 is 0 Å². The average Bonchev–Trinajstić information content (AvgIpc) is 2.96. The predicted octanol–water partition coefficient (Wildman–Crippen LogP) is 4.06. The second kappa shape index (κ2) is 6.99. The maximum Gasteiger partial charge on any atom is 0.286 e. The maximum atomic E-state index is 13.2. The van der Waals surface area contributed by atoms with Crippen molar-refractivity contribution in [2.45, 2.75) is 12.0 Å². The smallest absolute Gasteiger partial charge is 0.286 e. The molecular weight excluding hydrogens is 360 g/mol. The first-order valence-electron chi connectivity index (χ1n) is 8.59. The molecule has 134 valence electrons. The van der Waals surface area contributed by atoms with Crippen LogP contribution >= 0.6 is 11.6 Å². The van der Waals surface area contributed by atoms with Gasteiger partial charge in [-0.15, -0.1) is 0 Å². The molecular formula is C22H17ClN2O2. The van der Waals surface area contributed by atoms with E-state index in [2.05, 4.69) is 5.10 Å². The average molecular weight is 377 g/mol. The lowest BCUT2D eigenvalue weighted by molar-refractivity contribution is -0.129. The quantitative estimate of drug-likeness (QED) is 0.746. The fourth-order valence-electron chi connectivity index (χ4n) is 3.22. The zero-order valence-electron chi connectivity index (χ0n) is 14.4. The van der Waals surface area contributed by atoms with Crippen LogP contribution in [-0.4, -0.2) is 22.3 Å². The van der Waals surface area contributed by atoms with Crippen LogP contribution in [0.2, 0.25) is 5.02 Å². The predicted molar refractivity (Wildman–Crippen MR) is 107 cm³/mol. The van der Waals surface area contributed by atoms with E-state index in [1.807, 2.05) is 60.7 Å². The van der Waals surface area contributed by atoms with Crippen molar-refractivity contribution in [3.8, 4) is 0 Å². The van der Waals surface area contributed by atoms with Gasteiger partial charge in [0.15, 0.2) is 5.60 Å². The molecule has 1 N–H and O–H groups in total. The third kappa shape index (κ3) is 3.14. The highest BCUT2D eigenvalue weighted by atomic mass is 35.5. The summed E-state index contributed by atoms with van der Waals surface area (Å²) in [6.45, 7) is 0. The van der Waals surface area contributed by atoms with Gasteiger partial charge < -0.3 is 5.11 Å². The van der Waals surface area contributed by atoms with Gasteiger partial charge in [0.05, 0.1) is 5.69 Å². The number of anilines is 1. The van der Waals surface area contributed by atoms with E-state index in [4.69, 9.17) is 11.6 Å². The van der Waals surface area contributed by atoms with Crippen LogP contribution < -0.4 is 5.01 Å². The minimum Gasteiger partial charge on any atom is -0.374 e. The minimum absolute atomic E-state index is 0.0442. The SMILES string of the molecule is O=C1N(c2ccccc2)N=C(c2ccccc2)[C@@]1(O)Cc1ccccc1Cl. The van der Waals surface area contributed by atoms with Crippen molar-refractivity contribution in [1.82, 2.24) is 0 Å². The molecule has 0 unspecified atom stereocenters. The Morgan fingerprint density at radius 1 is 0.889 bits per heavy atom. The number of halogens is 1. The molecule has 0 aliphatic carbocycles. The number of hydrogen-bond donors (Lipinski definition) is 1. The van der Waals surface area contributed by atoms with E-state index in [1.54, 1.807) is 24.3 Å². The van der Waals surface area contributed by atoms with Gasteiger partial charge in [-0.25, -0.2) is 0 Å². The Bertz CT molecular complexity index is 1010. The maximum absolute atomic E-state index is 13.2. The van der Waals surface area contributed by atoms with E-state index in [1.165, 1.54) is 5.01 Å². The molecule has 0 aromatic heterocycles. The molecule has 1 heterocycles. The number of aliphatic hydroxyl groups is 1. The molecule has 27 heavy (non-hydrogen) atoms. The molecule has 0 saturated heterocycles. The van der Waals surface area contributed by atoms with Crippen LogP contribution in [0.5, 0.6) is 0 Å². The van der Waals surface area contributed by atoms with E-state index >= 15 is 0 Å². The summed E-state index contributed by atoms with van der Waals surface area (Å²) < 4.78 is 0. The van der Waals surface area contributed by atoms with Crippen molar-refractivity contribution < 1.29 is 9.90 Å². The zero-order valence-corrected chi connectivity index (χ0v) is 15.2. The fourth-order valence-corrected chi connectivity index (χ4v) is 3.42. The van der Waals surface area contributed by atoms with Gasteiger partial charge in [0, 0.05) is 17.0 Å². The molecule has 0 saturated carbocycles. The second-order valence-electron chi connectivity index (χ2n) is 6.40. The van der Waals surface area contributed by atoms with E-state index in [0.29, 0.717) is 27.5 Å². The van der Waals surface area contributed by atoms with Crippen LogP contribution in [0.25, 0.3) is 0 Å². The number of rotatable bonds is 4. The molecule has 3 aromatic carbocycles. The van der Waals surface area contributed by atoms with Gasteiger partial charge in [-0.1, -0.05) is 78.3 Å². The largest absolute Gasteiger partial charge is 0.374 e. The molecule has 1 aliphatic rings. The zero-order chi connectivity index (χ0) is 18.9. The Kier molecular flexibility index (Phi) is 4.52. The van der Waals surface area contributed by atoms with Crippen molar-refractivity contribution in [3.05, 3.63) is 101 Å². The number of carbonyl (C=O) groups is 1. The molecule has 1 amide bonds. The third-order valence-corrected chi connectivity index (χ3v) is 4.96. The molecule has 0 bridgehead atoms. The number of hydrazone groups is 1. The van der Waals surface area contributed by atoms with Gasteiger partial charge in [-0.3, -0.25) is 4.79 Å². The van der Waals surface area contributed by atoms with Crippen molar-refractivity contribution in [2.75, 3.05) is 5.01 Å². The van der Waals surface area contributed by atoms with Crippen LogP contribution in [0, 0.1) is 0 Å². The molecule has 3 aromatic rings. The minimum atomic E-state index is -1.80. The van der Waals surface area contributed by atoms with Crippen LogP contribution in [0.1, 0.15) is 11.1 Å². The fraction of sp³-hybridized carbons (Fsp3) is 0.0909. The number of para-hydroxylation sites is 1. The summed E-state index contributed by atoms with van der Waals surface area (Å²) in [7, 11) is 0. The summed E-state index contributed by atoms with van der Waals surface area (Å²) in [5.74, 6) is -0.493. The van der Waals surface area contributed by atoms with Crippen LogP contribution in [0.3, 0.4) is 0 Å². The first kappa shape index (κ1) is 17.5. The van der Waals surface area contributed by atoms with Crippen LogP contribution in [-0.2, 0) is 11.2 Å². The van der Waals surface area contributed by atoms with E-state index in [9.17, 15) is 9.90 Å². The number of carbonyl (C=O) groups excluding carboxylic acids is 1. The molecule has 4 rings (SSSR count). The molecule has 0 radical (unpaired) electrons. The Labute approximate surface area is 162 Å². The van der Waals surface area contributed by atoms with Gasteiger partial charge in [0.25, 0.3) is 5.91 Å². The van der Waals surface area contributed by atoms with Crippen LogP contribution in [0.15, 0.2) is 90.0 Å². The lowest BCUT2D eigenvalue weighted by Gasteiger charge is -2.24. The highest BCUT2D eigenvalue weighted by molar-refractivity contribution is 6.32. The molecule has 5 heteroatoms. The van der Waals surface area contributed by atoms with E-state index in [-0.39, 0.29) is 6.42 Å². The molecule has 1 aliphatic heterocycles. The first-order valence-corrected chi connectivity index (χ1v) is 8.97. The summed E-state index contributed by atoms with van der Waals surface area (Å²) in [4.78, 5) is 13.2. The first-order chi connectivity index (χ1) is 13.1. The third-order valence-electron chi connectivity index (χ3n) is 4.59. The number of amides is 1. The summed E-state index contributed by atoms with van der Waals surface area (Å²) in [5, 5.41) is 17.8. The van der Waals surface area contributed by atoms with Crippen molar-refractivity contribution >= 4 is 28.9 Å². The van der Waals surface area contributed by atoms with Crippen LogP contribution in [0.4, 0.5) is 5.69 Å². The highest BCUT2D eigenvalue weighted by Gasteiger charge is 2.51. The summed E-state index contributed by atoms with van der Waals surface area (Å²) in [6.07, 6.45) is 0.0442. The Morgan fingerprint density at radius 3 is 2.15 bits per heavy atom. The standard InChI is InChI=1S/C22H17ClN2O2/c23-19-14-8-7-11-17(19)15-22(27)20(16-9-3-1-4-10-16)24-25(21(22)26)18-12-5-2-6-13-18/h1-14,27H,15H2/t22-/m0/s1. The topological polar surface area (TPSA) is 52.9 Å². The Hall–Kier alpha value is -2.95. The van der Waals surface area contributed by atoms with Crippen molar-refractivity contribution in [1.29, 1.82) is 0 Å². The molecule has 4 nitrogen and oxygen atoms in total. The van der Waals surface area contributed by atoms with Gasteiger partial charge in [-0.2, -0.15) is 10.1 Å². The van der Waals surface area contributed by atoms with Gasteiger partial charge in [0.2, 0.25) is 0 Å². The van der Waals surface area contributed by atoms with E-state index in [0.717, 1.165) is 0 Å². The molecule has 1 atom stereocenters. The lowest BCUT2D eigenvalue weighted by atomic mass is 9.86. The number of benzene rings is 3. The summed E-state index contributed by atoms with van der Waals surface area (Å²) in [5.41, 5.74) is 0.498. The van der Waals surface area contributed by atoms with E-state index < -0.39 is 11.5 Å². The Balaban J connectivity index is 1.82. The second-order valence-corrected chi connectivity index (χ2v) is 6.80.